The third-order valence-corrected chi connectivity index (χ3v) is 1.51. The Labute approximate surface area is 75.6 Å². The van der Waals surface area contributed by atoms with Crippen LogP contribution in [0.4, 0.5) is 5.69 Å². The average Bonchev–Trinajstić information content (AvgIpc) is 2.05. The van der Waals surface area contributed by atoms with E-state index in [0.717, 1.165) is 5.49 Å². The molecule has 0 atom stereocenters. The number of amides is 1. The van der Waals surface area contributed by atoms with E-state index in [1.807, 2.05) is 0 Å². The Morgan fingerprint density at radius 1 is 1.50 bits per heavy atom. The average molecular weight is 180 g/mol. The summed E-state index contributed by atoms with van der Waals surface area (Å²) in [5.74, 6) is -0.275. The van der Waals surface area contributed by atoms with Gasteiger partial charge >= 0.3 is 0 Å². The molecule has 4 heteroatoms. The number of carbonyl (C=O) groups excluding carboxylic acids is 1. The first kappa shape index (κ1) is 8.67. The summed E-state index contributed by atoms with van der Waals surface area (Å²) in [6.07, 6.45) is 0. The van der Waals surface area contributed by atoms with E-state index < -0.39 is 0 Å². The van der Waals surface area contributed by atoms with Gasteiger partial charge in [-0.25, -0.2) is 0 Å². The van der Waals surface area contributed by atoms with E-state index >= 15 is 0 Å². The topological polar surface area (TPSA) is 55.1 Å². The zero-order chi connectivity index (χ0) is 8.97. The van der Waals surface area contributed by atoms with Gasteiger partial charge in [0.1, 0.15) is 0 Å². The van der Waals surface area contributed by atoms with Gasteiger partial charge in [-0.2, -0.15) is 0 Å². The number of para-hydroxylation sites is 1. The molecule has 0 aliphatic heterocycles. The van der Waals surface area contributed by atoms with Crippen LogP contribution in [-0.4, -0.2) is 11.4 Å². The second-order valence-electron chi connectivity index (χ2n) is 2.18. The summed E-state index contributed by atoms with van der Waals surface area (Å²) in [7, 11) is 0. The number of hydrogen-bond acceptors (Lipinski definition) is 3. The highest BCUT2D eigenvalue weighted by Crippen LogP contribution is 2.09. The molecule has 62 valence electrons. The highest BCUT2D eigenvalue weighted by molar-refractivity contribution is 7.78. The summed E-state index contributed by atoms with van der Waals surface area (Å²) in [6.45, 7) is 0. The summed E-state index contributed by atoms with van der Waals surface area (Å²) >= 11 is 4.47. The van der Waals surface area contributed by atoms with E-state index in [1.165, 1.54) is 0 Å². The number of thiocarbonyl (C=S) groups is 1. The van der Waals surface area contributed by atoms with Gasteiger partial charge in [0.05, 0.1) is 11.1 Å². The lowest BCUT2D eigenvalue weighted by Crippen LogP contribution is -2.21. The molecule has 1 rings (SSSR count). The van der Waals surface area contributed by atoms with Crippen molar-refractivity contribution in [3.63, 3.8) is 0 Å². The first-order valence-electron chi connectivity index (χ1n) is 3.34. The Balaban J connectivity index is 2.94. The molecular formula is C8H8N2OS. The van der Waals surface area contributed by atoms with Crippen molar-refractivity contribution in [2.24, 2.45) is 0 Å². The molecule has 0 heterocycles. The number of benzene rings is 1. The Hall–Kier alpha value is -1.42. The van der Waals surface area contributed by atoms with Crippen molar-refractivity contribution in [3.05, 3.63) is 29.8 Å². The highest BCUT2D eigenvalue weighted by atomic mass is 32.1. The molecule has 0 bridgehead atoms. The predicted molar refractivity (Wildman–Crippen MR) is 52.0 cm³/mol. The molecule has 0 aliphatic rings. The van der Waals surface area contributed by atoms with Crippen molar-refractivity contribution in [3.8, 4) is 0 Å². The number of hydrogen-bond donors (Lipinski definition) is 2. The van der Waals surface area contributed by atoms with Crippen LogP contribution in [0.15, 0.2) is 24.3 Å². The van der Waals surface area contributed by atoms with E-state index in [4.69, 9.17) is 5.73 Å². The van der Waals surface area contributed by atoms with Gasteiger partial charge in [-0.1, -0.05) is 24.4 Å². The maximum atomic E-state index is 11.2. The normalized spacial score (nSPS) is 9.00. The van der Waals surface area contributed by atoms with E-state index in [0.29, 0.717) is 11.3 Å². The van der Waals surface area contributed by atoms with Crippen molar-refractivity contribution >= 4 is 29.3 Å². The molecule has 0 saturated heterocycles. The van der Waals surface area contributed by atoms with Crippen LogP contribution >= 0.6 is 12.2 Å². The molecule has 1 aromatic carbocycles. The van der Waals surface area contributed by atoms with Crippen molar-refractivity contribution in [2.45, 2.75) is 0 Å². The third kappa shape index (κ3) is 1.79. The molecule has 1 aromatic rings. The lowest BCUT2D eigenvalue weighted by molar-refractivity contribution is 0.0980. The SMILES string of the molecule is Nc1ccccc1C(=O)NC=S. The molecule has 0 spiro atoms. The Bertz CT molecular complexity index is 312. The number of nitrogens with one attached hydrogen (secondary N) is 1. The van der Waals surface area contributed by atoms with Crippen LogP contribution in [0, 0.1) is 0 Å². The number of nitrogens with two attached hydrogens (primary N) is 1. The van der Waals surface area contributed by atoms with Crippen LogP contribution in [0.5, 0.6) is 0 Å². The minimum absolute atomic E-state index is 0.275. The number of rotatable bonds is 2. The molecule has 12 heavy (non-hydrogen) atoms. The first-order valence-corrected chi connectivity index (χ1v) is 3.82. The van der Waals surface area contributed by atoms with Crippen LogP contribution in [0.3, 0.4) is 0 Å². The summed E-state index contributed by atoms with van der Waals surface area (Å²) < 4.78 is 0. The molecule has 3 N–H and O–H groups in total. The van der Waals surface area contributed by atoms with Gasteiger partial charge in [0.2, 0.25) is 0 Å². The van der Waals surface area contributed by atoms with Crippen molar-refractivity contribution in [1.82, 2.24) is 5.32 Å². The molecule has 3 nitrogen and oxygen atoms in total. The van der Waals surface area contributed by atoms with E-state index in [-0.39, 0.29) is 5.91 Å². The smallest absolute Gasteiger partial charge is 0.257 e. The van der Waals surface area contributed by atoms with Crippen LogP contribution in [0.1, 0.15) is 10.4 Å². The van der Waals surface area contributed by atoms with Crippen molar-refractivity contribution < 1.29 is 4.79 Å². The fraction of sp³-hybridized carbons (Fsp3) is 0. The predicted octanol–water partition coefficient (Wildman–Crippen LogP) is 0.956. The van der Waals surface area contributed by atoms with Crippen LogP contribution < -0.4 is 11.1 Å². The molecule has 0 saturated carbocycles. The minimum Gasteiger partial charge on any atom is -0.398 e. The highest BCUT2D eigenvalue weighted by Gasteiger charge is 2.05. The second kappa shape index (κ2) is 3.82. The molecule has 0 unspecified atom stereocenters. The van der Waals surface area contributed by atoms with Crippen LogP contribution in [-0.2, 0) is 0 Å². The van der Waals surface area contributed by atoms with Crippen LogP contribution in [0.2, 0.25) is 0 Å². The molecule has 0 aromatic heterocycles. The maximum Gasteiger partial charge on any atom is 0.257 e. The van der Waals surface area contributed by atoms with Gasteiger partial charge in [0.15, 0.2) is 0 Å². The number of anilines is 1. The van der Waals surface area contributed by atoms with Gasteiger partial charge in [-0.3, -0.25) is 4.79 Å². The summed E-state index contributed by atoms with van der Waals surface area (Å²) in [6, 6.07) is 6.82. The van der Waals surface area contributed by atoms with Gasteiger partial charge < -0.3 is 11.1 Å². The number of nitrogen functional groups attached to an aromatic ring is 1. The fourth-order valence-corrected chi connectivity index (χ4v) is 0.942. The second-order valence-corrected chi connectivity index (χ2v) is 2.41. The Morgan fingerprint density at radius 2 is 2.17 bits per heavy atom. The van der Waals surface area contributed by atoms with E-state index in [2.05, 4.69) is 17.5 Å². The van der Waals surface area contributed by atoms with Crippen LogP contribution in [0.25, 0.3) is 0 Å². The van der Waals surface area contributed by atoms with Crippen molar-refractivity contribution in [2.75, 3.05) is 5.73 Å². The zero-order valence-electron chi connectivity index (χ0n) is 6.28. The van der Waals surface area contributed by atoms with Gasteiger partial charge in [-0.15, -0.1) is 0 Å². The Morgan fingerprint density at radius 3 is 2.75 bits per heavy atom. The van der Waals surface area contributed by atoms with E-state index in [9.17, 15) is 4.79 Å². The monoisotopic (exact) mass is 180 g/mol. The molecular weight excluding hydrogens is 172 g/mol. The summed E-state index contributed by atoms with van der Waals surface area (Å²) in [5, 5.41) is 2.37. The minimum atomic E-state index is -0.275. The van der Waals surface area contributed by atoms with Gasteiger partial charge in [0.25, 0.3) is 5.91 Å². The lowest BCUT2D eigenvalue weighted by Gasteiger charge is -2.01. The largest absolute Gasteiger partial charge is 0.398 e. The summed E-state index contributed by atoms with van der Waals surface area (Å²) in [5.41, 5.74) is 7.60. The quantitative estimate of drug-likeness (QED) is 0.526. The Kier molecular flexibility index (Phi) is 2.76. The molecule has 0 fully saturated rings. The molecule has 1 amide bonds. The molecule has 0 radical (unpaired) electrons. The lowest BCUT2D eigenvalue weighted by atomic mass is 10.2. The van der Waals surface area contributed by atoms with Gasteiger partial charge in [0, 0.05) is 5.69 Å². The standard InChI is InChI=1S/C8H8N2OS/c9-7-4-2-1-3-6(7)8(11)10-5-12/h1-5H,9H2,(H,10,11,12). The van der Waals surface area contributed by atoms with Gasteiger partial charge in [-0.05, 0) is 12.1 Å². The van der Waals surface area contributed by atoms with Crippen molar-refractivity contribution in [1.29, 1.82) is 0 Å². The third-order valence-electron chi connectivity index (χ3n) is 1.40. The fourth-order valence-electron chi connectivity index (χ4n) is 0.835. The maximum absolute atomic E-state index is 11.2. The molecule has 0 aliphatic carbocycles. The van der Waals surface area contributed by atoms with E-state index in [1.54, 1.807) is 24.3 Å². The first-order chi connectivity index (χ1) is 5.75. The zero-order valence-corrected chi connectivity index (χ0v) is 7.10. The number of carbonyl (C=O) groups is 1. The summed E-state index contributed by atoms with van der Waals surface area (Å²) in [4.78, 5) is 11.2.